The lowest BCUT2D eigenvalue weighted by Gasteiger charge is -2.25. The van der Waals surface area contributed by atoms with Crippen molar-refractivity contribution in [2.24, 2.45) is 11.8 Å². The van der Waals surface area contributed by atoms with Crippen LogP contribution >= 0.6 is 0 Å². The molecule has 7 nitrogen and oxygen atoms in total. The van der Waals surface area contributed by atoms with Gasteiger partial charge in [-0.15, -0.1) is 0 Å². The molecule has 1 aromatic heterocycles. The summed E-state index contributed by atoms with van der Waals surface area (Å²) in [5.74, 6) is 1.71. The highest BCUT2D eigenvalue weighted by Crippen LogP contribution is 2.50. The third-order valence-corrected chi connectivity index (χ3v) is 7.23. The largest absolute Gasteiger partial charge is 0.342 e. The van der Waals surface area contributed by atoms with Crippen molar-refractivity contribution in [1.82, 2.24) is 19.9 Å². The SMILES string of the molecule is CCN1CC(C(=O)N2C[C@H]3CCC[C@@]3(c3nc(Cc4ccccc4)no3)C2)CC1=O. The van der Waals surface area contributed by atoms with Crippen LogP contribution in [-0.4, -0.2) is 57.9 Å². The van der Waals surface area contributed by atoms with E-state index in [1.54, 1.807) is 4.90 Å². The number of nitrogens with zero attached hydrogens (tertiary/aromatic N) is 4. The highest BCUT2D eigenvalue weighted by molar-refractivity contribution is 5.89. The van der Waals surface area contributed by atoms with Gasteiger partial charge in [-0.1, -0.05) is 41.9 Å². The molecule has 30 heavy (non-hydrogen) atoms. The van der Waals surface area contributed by atoms with Gasteiger partial charge >= 0.3 is 0 Å². The number of amides is 2. The number of hydrogen-bond donors (Lipinski definition) is 0. The van der Waals surface area contributed by atoms with Crippen LogP contribution in [0.3, 0.4) is 0 Å². The number of fused-ring (bicyclic) bond motifs is 1. The molecule has 0 spiro atoms. The lowest BCUT2D eigenvalue weighted by Crippen LogP contribution is -2.38. The van der Waals surface area contributed by atoms with Crippen molar-refractivity contribution in [3.63, 3.8) is 0 Å². The van der Waals surface area contributed by atoms with Crippen LogP contribution in [0.25, 0.3) is 0 Å². The van der Waals surface area contributed by atoms with E-state index in [9.17, 15) is 9.59 Å². The topological polar surface area (TPSA) is 79.5 Å². The summed E-state index contributed by atoms with van der Waals surface area (Å²) in [4.78, 5) is 33.8. The molecule has 1 aromatic carbocycles. The Morgan fingerprint density at radius 3 is 2.87 bits per heavy atom. The molecule has 2 aromatic rings. The fourth-order valence-corrected chi connectivity index (χ4v) is 5.61. The number of aromatic nitrogens is 2. The molecule has 3 fully saturated rings. The van der Waals surface area contributed by atoms with Gasteiger partial charge in [-0.3, -0.25) is 9.59 Å². The fourth-order valence-electron chi connectivity index (χ4n) is 5.61. The smallest absolute Gasteiger partial charge is 0.235 e. The molecule has 158 valence electrons. The zero-order valence-corrected chi connectivity index (χ0v) is 17.4. The highest BCUT2D eigenvalue weighted by Gasteiger charge is 2.56. The van der Waals surface area contributed by atoms with Crippen LogP contribution in [0, 0.1) is 11.8 Å². The van der Waals surface area contributed by atoms with Crippen LogP contribution in [0.1, 0.15) is 49.9 Å². The molecular formula is C23H28N4O3. The van der Waals surface area contributed by atoms with Crippen LogP contribution in [0.5, 0.6) is 0 Å². The molecule has 7 heteroatoms. The van der Waals surface area contributed by atoms with Gasteiger partial charge in [-0.05, 0) is 31.2 Å². The summed E-state index contributed by atoms with van der Waals surface area (Å²) in [6, 6.07) is 10.1. The standard InChI is InChI=1S/C23H28N4O3/c1-2-26-13-17(12-20(26)28)21(29)27-14-18-9-6-10-23(18,15-27)22-24-19(25-30-22)11-16-7-4-3-5-8-16/h3-5,7-8,17-18H,2,6,9-15H2,1H3/t17?,18-,23-/m1/s1. The Morgan fingerprint density at radius 1 is 1.27 bits per heavy atom. The van der Waals surface area contributed by atoms with Gasteiger partial charge in [0.05, 0.1) is 11.3 Å². The Morgan fingerprint density at radius 2 is 2.10 bits per heavy atom. The predicted molar refractivity (Wildman–Crippen MR) is 110 cm³/mol. The number of likely N-dealkylation sites (tertiary alicyclic amines) is 2. The Labute approximate surface area is 176 Å². The van der Waals surface area contributed by atoms with Crippen LogP contribution in [-0.2, 0) is 21.4 Å². The molecule has 0 N–H and O–H groups in total. The molecule has 3 aliphatic rings. The zero-order chi connectivity index (χ0) is 20.7. The summed E-state index contributed by atoms with van der Waals surface area (Å²) < 4.78 is 5.77. The molecule has 3 atom stereocenters. The molecule has 2 aliphatic heterocycles. The van der Waals surface area contributed by atoms with E-state index in [1.165, 1.54) is 0 Å². The number of hydrogen-bond acceptors (Lipinski definition) is 5. The Bertz CT molecular complexity index is 943. The first-order valence-corrected chi connectivity index (χ1v) is 11.0. The maximum atomic E-state index is 13.2. The second kappa shape index (κ2) is 7.52. The van der Waals surface area contributed by atoms with Gasteiger partial charge in [-0.2, -0.15) is 4.98 Å². The molecule has 0 radical (unpaired) electrons. The van der Waals surface area contributed by atoms with Gasteiger partial charge in [0.1, 0.15) is 0 Å². The average molecular weight is 409 g/mol. The summed E-state index contributed by atoms with van der Waals surface area (Å²) >= 11 is 0. The summed E-state index contributed by atoms with van der Waals surface area (Å²) in [7, 11) is 0. The van der Waals surface area contributed by atoms with Crippen LogP contribution < -0.4 is 0 Å². The van der Waals surface area contributed by atoms with Crippen molar-refractivity contribution in [1.29, 1.82) is 0 Å². The molecule has 1 unspecified atom stereocenters. The van der Waals surface area contributed by atoms with Gasteiger partial charge in [0.2, 0.25) is 17.7 Å². The monoisotopic (exact) mass is 408 g/mol. The highest BCUT2D eigenvalue weighted by atomic mass is 16.5. The van der Waals surface area contributed by atoms with E-state index in [-0.39, 0.29) is 23.1 Å². The van der Waals surface area contributed by atoms with Crippen LogP contribution in [0.4, 0.5) is 0 Å². The summed E-state index contributed by atoms with van der Waals surface area (Å²) in [6.07, 6.45) is 4.14. The molecular weight excluding hydrogens is 380 g/mol. The third kappa shape index (κ3) is 3.20. The minimum Gasteiger partial charge on any atom is -0.342 e. The number of rotatable bonds is 5. The average Bonchev–Trinajstić information content (AvgIpc) is 3.50. The van der Waals surface area contributed by atoms with Crippen molar-refractivity contribution in [3.05, 3.63) is 47.6 Å². The van der Waals surface area contributed by atoms with Gasteiger partial charge in [-0.25, -0.2) is 0 Å². The molecule has 3 heterocycles. The first kappa shape index (κ1) is 19.3. The molecule has 1 aliphatic carbocycles. The van der Waals surface area contributed by atoms with Gasteiger partial charge in [0.25, 0.3) is 0 Å². The van der Waals surface area contributed by atoms with E-state index in [1.807, 2.05) is 30.0 Å². The molecule has 5 rings (SSSR count). The minimum absolute atomic E-state index is 0.0902. The number of carbonyl (C=O) groups excluding carboxylic acids is 2. The second-order valence-electron chi connectivity index (χ2n) is 8.98. The second-order valence-corrected chi connectivity index (χ2v) is 8.98. The van der Waals surface area contributed by atoms with Crippen molar-refractivity contribution < 1.29 is 14.1 Å². The Balaban J connectivity index is 1.33. The van der Waals surface area contributed by atoms with E-state index in [2.05, 4.69) is 17.3 Å². The van der Waals surface area contributed by atoms with Crippen LogP contribution in [0.2, 0.25) is 0 Å². The van der Waals surface area contributed by atoms with Crippen molar-refractivity contribution in [3.8, 4) is 0 Å². The van der Waals surface area contributed by atoms with E-state index < -0.39 is 0 Å². The normalized spacial score (nSPS) is 28.4. The fraction of sp³-hybridized carbons (Fsp3) is 0.565. The maximum absolute atomic E-state index is 13.2. The molecule has 2 saturated heterocycles. The minimum atomic E-state index is -0.231. The number of benzene rings is 1. The van der Waals surface area contributed by atoms with Crippen LogP contribution in [0.15, 0.2) is 34.9 Å². The predicted octanol–water partition coefficient (Wildman–Crippen LogP) is 2.41. The maximum Gasteiger partial charge on any atom is 0.235 e. The Kier molecular flexibility index (Phi) is 4.83. The summed E-state index contributed by atoms with van der Waals surface area (Å²) in [5, 5.41) is 4.25. The van der Waals surface area contributed by atoms with Gasteiger partial charge in [0, 0.05) is 39.0 Å². The summed E-state index contributed by atoms with van der Waals surface area (Å²) in [5.41, 5.74) is 0.921. The molecule has 0 bridgehead atoms. The van der Waals surface area contributed by atoms with E-state index >= 15 is 0 Å². The first-order valence-electron chi connectivity index (χ1n) is 11.0. The quantitative estimate of drug-likeness (QED) is 0.759. The Hall–Kier alpha value is -2.70. The third-order valence-electron chi connectivity index (χ3n) is 7.23. The first-order chi connectivity index (χ1) is 14.6. The van der Waals surface area contributed by atoms with Crippen molar-refractivity contribution >= 4 is 11.8 Å². The van der Waals surface area contributed by atoms with Gasteiger partial charge in [0.15, 0.2) is 5.82 Å². The van der Waals surface area contributed by atoms with Crippen molar-refractivity contribution in [2.75, 3.05) is 26.2 Å². The van der Waals surface area contributed by atoms with E-state index in [0.717, 1.165) is 31.4 Å². The lowest BCUT2D eigenvalue weighted by molar-refractivity contribution is -0.135. The summed E-state index contributed by atoms with van der Waals surface area (Å²) in [6.45, 7) is 4.53. The van der Waals surface area contributed by atoms with Gasteiger partial charge < -0.3 is 14.3 Å². The van der Waals surface area contributed by atoms with Crippen molar-refractivity contribution in [2.45, 2.75) is 44.4 Å². The molecule has 2 amide bonds. The lowest BCUT2D eigenvalue weighted by atomic mass is 9.80. The molecule has 1 saturated carbocycles. The van der Waals surface area contributed by atoms with E-state index in [4.69, 9.17) is 9.51 Å². The zero-order valence-electron chi connectivity index (χ0n) is 17.4. The number of carbonyl (C=O) groups is 2. The van der Waals surface area contributed by atoms with E-state index in [0.29, 0.717) is 50.1 Å².